The van der Waals surface area contributed by atoms with Gasteiger partial charge in [0.15, 0.2) is 5.96 Å². The molecule has 1 fully saturated rings. The predicted molar refractivity (Wildman–Crippen MR) is 137 cm³/mol. The molecule has 6 nitrogen and oxygen atoms in total. The van der Waals surface area contributed by atoms with Crippen LogP contribution in [-0.4, -0.2) is 50.3 Å². The number of nitrogens with zero attached hydrogens (tertiary/aromatic N) is 2. The summed E-state index contributed by atoms with van der Waals surface area (Å²) in [5, 5.41) is 6.73. The number of nitrogens with one attached hydrogen (secondary N) is 2. The third kappa shape index (κ3) is 8.66. The second-order valence-corrected chi connectivity index (χ2v) is 7.64. The van der Waals surface area contributed by atoms with Gasteiger partial charge < -0.3 is 20.1 Å². The summed E-state index contributed by atoms with van der Waals surface area (Å²) >= 11 is 0. The number of guanidine groups is 1. The predicted octanol–water partition coefficient (Wildman–Crippen LogP) is 3.79. The van der Waals surface area contributed by atoms with Crippen molar-refractivity contribution in [3.63, 3.8) is 0 Å². The second kappa shape index (κ2) is 13.5. The van der Waals surface area contributed by atoms with Crippen molar-refractivity contribution in [1.82, 2.24) is 15.5 Å². The van der Waals surface area contributed by atoms with Gasteiger partial charge >= 0.3 is 0 Å². The van der Waals surface area contributed by atoms with E-state index in [4.69, 9.17) is 14.5 Å². The normalized spacial score (nSPS) is 17.0. The Hall–Kier alpha value is -1.84. The first-order valence-electron chi connectivity index (χ1n) is 10.7. The molecule has 1 aliphatic rings. The van der Waals surface area contributed by atoms with Gasteiger partial charge in [-0.05, 0) is 42.7 Å². The Morgan fingerprint density at radius 3 is 2.68 bits per heavy atom. The van der Waals surface area contributed by atoms with E-state index >= 15 is 0 Å². The molecule has 1 heterocycles. The molecule has 0 amide bonds. The van der Waals surface area contributed by atoms with Gasteiger partial charge in [-0.2, -0.15) is 0 Å². The molecule has 2 aromatic carbocycles. The zero-order valence-corrected chi connectivity index (χ0v) is 21.1. The fraction of sp³-hybridized carbons (Fsp3) is 0.458. The molecule has 1 unspecified atom stereocenters. The van der Waals surface area contributed by atoms with Gasteiger partial charge in [0.25, 0.3) is 0 Å². The summed E-state index contributed by atoms with van der Waals surface area (Å²) in [7, 11) is 1.69. The standard InChI is InChI=1S/C24H34N4O2.HI/c1-4-25-24(27-16-21-8-6-10-23(14-21)29-3)26-15-20-7-5-9-22(13-20)18-28-11-12-30-19(2)17-28;/h5-10,13-14,19H,4,11-12,15-18H2,1-3H3,(H2,25,26,27);1H. The summed E-state index contributed by atoms with van der Waals surface area (Å²) in [6.07, 6.45) is 0.310. The zero-order chi connectivity index (χ0) is 21.2. The van der Waals surface area contributed by atoms with Crippen LogP contribution in [0.2, 0.25) is 0 Å². The first kappa shape index (κ1) is 25.4. The summed E-state index contributed by atoms with van der Waals surface area (Å²) in [6.45, 7) is 10.1. The van der Waals surface area contributed by atoms with Crippen molar-refractivity contribution < 1.29 is 9.47 Å². The summed E-state index contributed by atoms with van der Waals surface area (Å²) in [5.41, 5.74) is 3.69. The second-order valence-electron chi connectivity index (χ2n) is 7.64. The molecule has 7 heteroatoms. The maximum Gasteiger partial charge on any atom is 0.191 e. The number of halogens is 1. The number of morpholine rings is 1. The molecule has 1 atom stereocenters. The van der Waals surface area contributed by atoms with Gasteiger partial charge in [0.05, 0.1) is 26.4 Å². The van der Waals surface area contributed by atoms with Crippen LogP contribution in [0, 0.1) is 0 Å². The molecule has 2 aromatic rings. The van der Waals surface area contributed by atoms with Crippen LogP contribution in [0.3, 0.4) is 0 Å². The van der Waals surface area contributed by atoms with Crippen molar-refractivity contribution in [2.75, 3.05) is 33.4 Å². The van der Waals surface area contributed by atoms with E-state index < -0.39 is 0 Å². The van der Waals surface area contributed by atoms with E-state index in [0.717, 1.165) is 50.1 Å². The number of aliphatic imine (C=N–C) groups is 1. The quantitative estimate of drug-likeness (QED) is 0.305. The topological polar surface area (TPSA) is 58.1 Å². The summed E-state index contributed by atoms with van der Waals surface area (Å²) in [4.78, 5) is 7.23. The number of benzene rings is 2. The van der Waals surface area contributed by atoms with Crippen molar-refractivity contribution in [2.45, 2.75) is 39.6 Å². The third-order valence-corrected chi connectivity index (χ3v) is 5.08. The van der Waals surface area contributed by atoms with Gasteiger partial charge in [-0.15, -0.1) is 24.0 Å². The van der Waals surface area contributed by atoms with Crippen LogP contribution in [-0.2, 0) is 24.4 Å². The Kier molecular flexibility index (Phi) is 11.1. The lowest BCUT2D eigenvalue weighted by atomic mass is 10.1. The highest BCUT2D eigenvalue weighted by atomic mass is 127. The minimum absolute atomic E-state index is 0. The van der Waals surface area contributed by atoms with Crippen LogP contribution in [0.15, 0.2) is 53.5 Å². The molecular formula is C24H35IN4O2. The van der Waals surface area contributed by atoms with E-state index in [1.165, 1.54) is 11.1 Å². The van der Waals surface area contributed by atoms with Gasteiger partial charge in [0.2, 0.25) is 0 Å². The Morgan fingerprint density at radius 1 is 1.13 bits per heavy atom. The first-order chi connectivity index (χ1) is 14.7. The summed E-state index contributed by atoms with van der Waals surface area (Å²) in [6, 6.07) is 16.8. The van der Waals surface area contributed by atoms with Crippen LogP contribution in [0.4, 0.5) is 0 Å². The number of methoxy groups -OCH3 is 1. The average molecular weight is 538 g/mol. The fourth-order valence-electron chi connectivity index (χ4n) is 3.60. The number of hydrogen-bond donors (Lipinski definition) is 2. The molecule has 1 aliphatic heterocycles. The van der Waals surface area contributed by atoms with E-state index in [-0.39, 0.29) is 24.0 Å². The summed E-state index contributed by atoms with van der Waals surface area (Å²) < 4.78 is 10.9. The molecule has 0 radical (unpaired) electrons. The van der Waals surface area contributed by atoms with Crippen molar-refractivity contribution in [3.05, 3.63) is 65.2 Å². The van der Waals surface area contributed by atoms with Crippen LogP contribution >= 0.6 is 24.0 Å². The van der Waals surface area contributed by atoms with Gasteiger partial charge in [-0.3, -0.25) is 4.90 Å². The van der Waals surface area contributed by atoms with Crippen molar-refractivity contribution in [1.29, 1.82) is 0 Å². The van der Waals surface area contributed by atoms with Crippen molar-refractivity contribution >= 4 is 29.9 Å². The molecule has 170 valence electrons. The lowest BCUT2D eigenvalue weighted by Crippen LogP contribution is -2.40. The Bertz CT molecular complexity index is 831. The fourth-order valence-corrected chi connectivity index (χ4v) is 3.60. The number of rotatable bonds is 8. The van der Waals surface area contributed by atoms with E-state index in [9.17, 15) is 0 Å². The molecule has 0 spiro atoms. The van der Waals surface area contributed by atoms with Crippen LogP contribution < -0.4 is 15.4 Å². The maximum absolute atomic E-state index is 5.64. The van der Waals surface area contributed by atoms with E-state index in [0.29, 0.717) is 19.2 Å². The van der Waals surface area contributed by atoms with Crippen LogP contribution in [0.5, 0.6) is 5.75 Å². The van der Waals surface area contributed by atoms with Crippen molar-refractivity contribution in [3.8, 4) is 5.75 Å². The van der Waals surface area contributed by atoms with E-state index in [2.05, 4.69) is 59.7 Å². The molecule has 0 aliphatic carbocycles. The van der Waals surface area contributed by atoms with Crippen LogP contribution in [0.25, 0.3) is 0 Å². The number of ether oxygens (including phenoxy) is 2. The molecule has 0 aromatic heterocycles. The van der Waals surface area contributed by atoms with E-state index in [1.807, 2.05) is 18.2 Å². The molecule has 3 rings (SSSR count). The highest BCUT2D eigenvalue weighted by Gasteiger charge is 2.16. The smallest absolute Gasteiger partial charge is 0.191 e. The zero-order valence-electron chi connectivity index (χ0n) is 18.8. The lowest BCUT2D eigenvalue weighted by molar-refractivity contribution is -0.0212. The Labute approximate surface area is 203 Å². The molecular weight excluding hydrogens is 503 g/mol. The van der Waals surface area contributed by atoms with Gasteiger partial charge in [-0.25, -0.2) is 4.99 Å². The van der Waals surface area contributed by atoms with E-state index in [1.54, 1.807) is 7.11 Å². The summed E-state index contributed by atoms with van der Waals surface area (Å²) in [5.74, 6) is 1.68. The average Bonchev–Trinajstić information content (AvgIpc) is 2.76. The number of hydrogen-bond acceptors (Lipinski definition) is 4. The largest absolute Gasteiger partial charge is 0.497 e. The molecule has 1 saturated heterocycles. The third-order valence-electron chi connectivity index (χ3n) is 5.08. The highest BCUT2D eigenvalue weighted by Crippen LogP contribution is 2.14. The monoisotopic (exact) mass is 538 g/mol. The highest BCUT2D eigenvalue weighted by molar-refractivity contribution is 14.0. The molecule has 0 saturated carbocycles. The Balaban J connectivity index is 0.00000341. The Morgan fingerprint density at radius 2 is 1.90 bits per heavy atom. The molecule has 2 N–H and O–H groups in total. The van der Waals surface area contributed by atoms with Crippen LogP contribution in [0.1, 0.15) is 30.5 Å². The molecule has 31 heavy (non-hydrogen) atoms. The first-order valence-corrected chi connectivity index (χ1v) is 10.7. The van der Waals surface area contributed by atoms with Gasteiger partial charge in [0, 0.05) is 32.7 Å². The minimum atomic E-state index is 0. The van der Waals surface area contributed by atoms with Gasteiger partial charge in [-0.1, -0.05) is 36.4 Å². The maximum atomic E-state index is 5.64. The van der Waals surface area contributed by atoms with Gasteiger partial charge in [0.1, 0.15) is 5.75 Å². The minimum Gasteiger partial charge on any atom is -0.497 e. The SMILES string of the molecule is CCNC(=NCc1cccc(CN2CCOC(C)C2)c1)NCc1cccc(OC)c1.I. The lowest BCUT2D eigenvalue weighted by Gasteiger charge is -2.31. The van der Waals surface area contributed by atoms with Crippen molar-refractivity contribution in [2.24, 2.45) is 4.99 Å². The molecule has 0 bridgehead atoms.